The number of hydrogen-bond acceptors (Lipinski definition) is 14. The number of carbonyl (C=O) groups is 10. The van der Waals surface area contributed by atoms with Crippen LogP contribution in [0.4, 0.5) is 0 Å². The fraction of sp³-hybridized carbons (Fsp3) is 0.589. The minimum absolute atomic E-state index is 0.000839. The van der Waals surface area contributed by atoms with Gasteiger partial charge in [0.15, 0.2) is 5.96 Å². The van der Waals surface area contributed by atoms with Crippen LogP contribution < -0.4 is 60.2 Å². The number of nitrogens with two attached hydrogens (primary N) is 4. The van der Waals surface area contributed by atoms with Gasteiger partial charge in [0.05, 0.1) is 6.42 Å². The molecule has 2 heterocycles. The predicted molar refractivity (Wildman–Crippen MR) is 313 cm³/mol. The molecule has 10 amide bonds. The third-order valence-corrected chi connectivity index (χ3v) is 18.7. The van der Waals surface area contributed by atoms with Crippen molar-refractivity contribution in [3.05, 3.63) is 65.7 Å². The van der Waals surface area contributed by atoms with E-state index >= 15 is 4.79 Å². The molecular formula is C56H83N13O11S2. The van der Waals surface area contributed by atoms with Crippen LogP contribution in [-0.4, -0.2) is 147 Å². The Kier molecular flexibility index (Phi) is 25.6. The number of guanidine groups is 1. The molecule has 2 saturated heterocycles. The number of likely N-dealkylation sites (tertiary alicyclic amines) is 1. The first-order valence-electron chi connectivity index (χ1n) is 28.2. The van der Waals surface area contributed by atoms with Gasteiger partial charge in [-0.05, 0) is 73.6 Å². The number of aromatic hydroxyl groups is 1. The van der Waals surface area contributed by atoms with Crippen molar-refractivity contribution in [3.8, 4) is 5.75 Å². The lowest BCUT2D eigenvalue weighted by molar-refractivity contribution is -0.142. The first-order chi connectivity index (χ1) is 39.0. The molecule has 2 aromatic carbocycles. The van der Waals surface area contributed by atoms with Crippen molar-refractivity contribution in [2.45, 2.75) is 177 Å². The Morgan fingerprint density at radius 1 is 0.744 bits per heavy atom. The van der Waals surface area contributed by atoms with Crippen molar-refractivity contribution in [1.29, 1.82) is 0 Å². The van der Waals surface area contributed by atoms with Crippen LogP contribution in [0, 0.1) is 11.8 Å². The first-order valence-corrected chi connectivity index (χ1v) is 30.5. The van der Waals surface area contributed by atoms with Crippen LogP contribution in [0.3, 0.4) is 0 Å². The number of nitrogens with one attached hydrogen (secondary N) is 7. The van der Waals surface area contributed by atoms with E-state index in [1.807, 2.05) is 13.8 Å². The molecule has 0 radical (unpaired) electrons. The Labute approximate surface area is 486 Å². The molecule has 1 saturated carbocycles. The molecule has 5 rings (SSSR count). The van der Waals surface area contributed by atoms with Crippen molar-refractivity contribution in [2.75, 3.05) is 18.8 Å². The zero-order chi connectivity index (χ0) is 60.1. The van der Waals surface area contributed by atoms with Crippen molar-refractivity contribution in [1.82, 2.24) is 42.1 Å². The monoisotopic (exact) mass is 1180 g/mol. The summed E-state index contributed by atoms with van der Waals surface area (Å²) in [6, 6.07) is 4.55. The SMILES string of the molecule is CC[C@@H](C)[C@H]1NC(=O)CC2(CCCCC2)SSCC(C(=O)N2CCC[C@H]2C(=O)N[C@@H](CCCN=C(N)N)C(=O)N[C@@H](Cc2ccc(O)cc2)C(N)=O)NC(=O)[C@H](CC(N)=O)NC(=O)[C@H]([C@@H](C)CC)NC(=O)C(Cc2ccccc2)NC1=O. The summed E-state index contributed by atoms with van der Waals surface area (Å²) in [5.74, 6) is -8.80. The second-order valence-corrected chi connectivity index (χ2v) is 24.5. The molecule has 82 heavy (non-hydrogen) atoms. The Morgan fingerprint density at radius 2 is 1.37 bits per heavy atom. The van der Waals surface area contributed by atoms with E-state index in [-0.39, 0.29) is 75.0 Å². The molecule has 16 N–H and O–H groups in total. The normalized spacial score (nSPS) is 23.7. The highest BCUT2D eigenvalue weighted by molar-refractivity contribution is 8.77. The van der Waals surface area contributed by atoms with Gasteiger partial charge in [0.2, 0.25) is 59.1 Å². The zero-order valence-electron chi connectivity index (χ0n) is 47.2. The molecule has 0 bridgehead atoms. The summed E-state index contributed by atoms with van der Waals surface area (Å²) in [4.78, 5) is 147. The van der Waals surface area contributed by atoms with Crippen molar-refractivity contribution >= 4 is 86.6 Å². The molecule has 1 spiro atoms. The highest BCUT2D eigenvalue weighted by Gasteiger charge is 2.43. The minimum atomic E-state index is -1.66. The van der Waals surface area contributed by atoms with E-state index in [2.05, 4.69) is 42.2 Å². The standard InChI is InChI=1S/C56H83N13O11S2/c1-5-32(3)45-52(78)64-39(28-34-15-9-7-10-16-34)50(76)68-46(33(4)6-2)53(79)65-40(29-43(57)71)49(75)66-41(31-81-82-56(30-44(72)67-45)23-11-8-12-24-56)54(80)69-26-14-18-42(69)51(77)62-37(17-13-25-61-55(59)60)48(74)63-38(47(58)73)27-35-19-21-36(70)22-20-35/h7,9-10,15-16,19-22,32-33,37-42,45-46,70H,5-6,8,11-14,17-18,23-31H2,1-4H3,(H2,57,71)(H2,58,73)(H,62,77)(H,63,74)(H,64,78)(H,65,79)(H,66,75)(H,67,72)(H,68,76)(H4,59,60,61)/t32-,33+,37+,38+,39?,40+,41?,42+,45-,46+/m1/s1. The smallest absolute Gasteiger partial charge is 0.246 e. The van der Waals surface area contributed by atoms with Crippen molar-refractivity contribution in [3.63, 3.8) is 0 Å². The van der Waals surface area contributed by atoms with E-state index in [1.165, 1.54) is 38.6 Å². The largest absolute Gasteiger partial charge is 0.508 e. The second-order valence-electron chi connectivity index (χ2n) is 21.7. The number of phenolic OH excluding ortho intramolecular Hbond substituents is 1. The molecule has 10 atom stereocenters. The lowest BCUT2D eigenvalue weighted by atomic mass is 9.85. The van der Waals surface area contributed by atoms with Crippen LogP contribution in [0.1, 0.15) is 122 Å². The Balaban J connectivity index is 1.50. The molecule has 3 fully saturated rings. The summed E-state index contributed by atoms with van der Waals surface area (Å²) in [6.07, 6.45) is 4.52. The third-order valence-electron chi connectivity index (χ3n) is 15.3. The first kappa shape index (κ1) is 65.7. The van der Waals surface area contributed by atoms with E-state index in [4.69, 9.17) is 22.9 Å². The number of aliphatic imine (C=N–C) groups is 1. The van der Waals surface area contributed by atoms with E-state index in [9.17, 15) is 48.3 Å². The van der Waals surface area contributed by atoms with Crippen LogP contribution >= 0.6 is 21.6 Å². The average molecular weight is 1180 g/mol. The Bertz CT molecular complexity index is 2590. The molecule has 2 aromatic rings. The summed E-state index contributed by atoms with van der Waals surface area (Å²) in [7, 11) is 2.61. The van der Waals surface area contributed by atoms with Crippen LogP contribution in [0.25, 0.3) is 0 Å². The maximum absolute atomic E-state index is 15.1. The van der Waals surface area contributed by atoms with E-state index < -0.39 is 124 Å². The van der Waals surface area contributed by atoms with Crippen molar-refractivity contribution in [2.24, 2.45) is 39.8 Å². The topological polar surface area (TPSA) is 395 Å². The molecule has 450 valence electrons. The maximum Gasteiger partial charge on any atom is 0.246 e. The van der Waals surface area contributed by atoms with E-state index in [1.54, 1.807) is 56.3 Å². The van der Waals surface area contributed by atoms with E-state index in [0.29, 0.717) is 43.2 Å². The van der Waals surface area contributed by atoms with Gasteiger partial charge >= 0.3 is 0 Å². The highest BCUT2D eigenvalue weighted by Crippen LogP contribution is 2.48. The molecule has 3 aliphatic rings. The fourth-order valence-electron chi connectivity index (χ4n) is 10.2. The van der Waals surface area contributed by atoms with Crippen LogP contribution in [0.5, 0.6) is 5.75 Å². The van der Waals surface area contributed by atoms with E-state index in [0.717, 1.165) is 19.3 Å². The van der Waals surface area contributed by atoms with Gasteiger partial charge in [-0.15, -0.1) is 0 Å². The number of hydrogen-bond donors (Lipinski definition) is 12. The van der Waals surface area contributed by atoms with Gasteiger partial charge < -0.3 is 70.2 Å². The number of carbonyl (C=O) groups excluding carboxylic acids is 10. The van der Waals surface area contributed by atoms with Crippen LogP contribution in [0.15, 0.2) is 59.6 Å². The molecular weight excluding hydrogens is 1090 g/mol. The number of primary amides is 2. The number of benzene rings is 2. The Hall–Kier alpha value is -7.09. The average Bonchev–Trinajstić information content (AvgIpc) is 4.14. The number of phenols is 1. The van der Waals surface area contributed by atoms with Gasteiger partial charge in [-0.2, -0.15) is 0 Å². The van der Waals surface area contributed by atoms with Gasteiger partial charge in [0.25, 0.3) is 0 Å². The summed E-state index contributed by atoms with van der Waals surface area (Å²) in [6.45, 7) is 7.35. The predicted octanol–water partition coefficient (Wildman–Crippen LogP) is 0.556. The third kappa shape index (κ3) is 19.8. The van der Waals surface area contributed by atoms with Crippen LogP contribution in [0.2, 0.25) is 0 Å². The molecule has 24 nitrogen and oxygen atoms in total. The zero-order valence-corrected chi connectivity index (χ0v) is 48.9. The summed E-state index contributed by atoms with van der Waals surface area (Å²) in [5.41, 5.74) is 23.8. The number of nitrogens with zero attached hydrogens (tertiary/aromatic N) is 2. The minimum Gasteiger partial charge on any atom is -0.508 e. The molecule has 0 aromatic heterocycles. The van der Waals surface area contributed by atoms with Gasteiger partial charge in [-0.3, -0.25) is 52.9 Å². The lowest BCUT2D eigenvalue weighted by Crippen LogP contribution is -2.62. The van der Waals surface area contributed by atoms with Crippen LogP contribution in [-0.2, 0) is 60.8 Å². The summed E-state index contributed by atoms with van der Waals surface area (Å²) >= 11 is 0. The molecule has 2 aliphatic heterocycles. The fourth-order valence-corrected chi connectivity index (χ4v) is 13.6. The number of amides is 10. The second kappa shape index (κ2) is 31.9. The summed E-state index contributed by atoms with van der Waals surface area (Å²) in [5, 5.41) is 29.2. The van der Waals surface area contributed by atoms with Gasteiger partial charge in [-0.25, -0.2) is 0 Å². The van der Waals surface area contributed by atoms with Gasteiger partial charge in [-0.1, -0.05) is 124 Å². The van der Waals surface area contributed by atoms with Gasteiger partial charge in [0.1, 0.15) is 54.1 Å². The molecule has 1 aliphatic carbocycles. The maximum atomic E-state index is 15.1. The highest BCUT2D eigenvalue weighted by atomic mass is 33.1. The van der Waals surface area contributed by atoms with Crippen molar-refractivity contribution < 1.29 is 53.1 Å². The molecule has 26 heteroatoms. The quantitative estimate of drug-likeness (QED) is 0.0373. The molecule has 2 unspecified atom stereocenters. The number of rotatable bonds is 20. The van der Waals surface area contributed by atoms with Gasteiger partial charge in [0, 0.05) is 42.9 Å². The lowest BCUT2D eigenvalue weighted by Gasteiger charge is -2.37. The Morgan fingerprint density at radius 3 is 1.98 bits per heavy atom. The summed E-state index contributed by atoms with van der Waals surface area (Å²) < 4.78 is -0.685.